The number of carbonyl (C=O) groups is 2. The number of piperazine rings is 1. The first kappa shape index (κ1) is 23.1. The topological polar surface area (TPSA) is 76.4 Å². The summed E-state index contributed by atoms with van der Waals surface area (Å²) in [7, 11) is 0. The van der Waals surface area contributed by atoms with Crippen LogP contribution in [0.3, 0.4) is 0 Å². The molecule has 0 spiro atoms. The van der Waals surface area contributed by atoms with Crippen molar-refractivity contribution in [3.05, 3.63) is 70.2 Å². The van der Waals surface area contributed by atoms with Crippen LogP contribution in [0.25, 0.3) is 0 Å². The Balaban J connectivity index is 1.31. The number of carbonyl (C=O) groups excluding carboxylic acids is 2. The fourth-order valence-electron chi connectivity index (χ4n) is 3.34. The van der Waals surface area contributed by atoms with Crippen LogP contribution in [0.1, 0.15) is 21.5 Å². The number of nitrogens with one attached hydrogen (secondary N) is 1. The van der Waals surface area contributed by atoms with Gasteiger partial charge in [-0.05, 0) is 35.9 Å². The number of hydrogen-bond acceptors (Lipinski definition) is 5. The average Bonchev–Trinajstić information content (AvgIpc) is 2.79. The van der Waals surface area contributed by atoms with Crippen molar-refractivity contribution in [2.24, 2.45) is 0 Å². The Kier molecular flexibility index (Phi) is 8.77. The smallest absolute Gasteiger partial charge is 0.253 e. The van der Waals surface area contributed by atoms with Gasteiger partial charge in [-0.1, -0.05) is 29.8 Å². The maximum Gasteiger partial charge on any atom is 0.253 e. The first-order valence-corrected chi connectivity index (χ1v) is 11.7. The Morgan fingerprint density at radius 1 is 1.06 bits per heavy atom. The number of amides is 2. The number of rotatable bonds is 8. The molecule has 162 valence electrons. The number of nitrogens with zero attached hydrogens (tertiary/aromatic N) is 3. The second-order valence-electron chi connectivity index (χ2n) is 7.25. The van der Waals surface area contributed by atoms with Gasteiger partial charge in [0.05, 0.1) is 18.2 Å². The molecular weight excluding hydrogens is 432 g/mol. The Bertz CT molecular complexity index is 937. The van der Waals surface area contributed by atoms with Gasteiger partial charge in [0.1, 0.15) is 0 Å². The molecule has 1 N–H and O–H groups in total. The van der Waals surface area contributed by atoms with E-state index in [1.165, 1.54) is 0 Å². The van der Waals surface area contributed by atoms with Crippen LogP contribution in [0.2, 0.25) is 5.02 Å². The monoisotopic (exact) mass is 456 g/mol. The van der Waals surface area contributed by atoms with Crippen molar-refractivity contribution in [3.8, 4) is 6.07 Å². The van der Waals surface area contributed by atoms with Crippen LogP contribution in [0.4, 0.5) is 0 Å². The molecule has 6 nitrogen and oxygen atoms in total. The molecule has 8 heteroatoms. The highest BCUT2D eigenvalue weighted by Gasteiger charge is 2.23. The van der Waals surface area contributed by atoms with Crippen LogP contribution in [-0.4, -0.2) is 66.6 Å². The number of halogens is 1. The van der Waals surface area contributed by atoms with Crippen LogP contribution in [-0.2, 0) is 10.5 Å². The van der Waals surface area contributed by atoms with Crippen LogP contribution in [0, 0.1) is 11.3 Å². The minimum absolute atomic E-state index is 0.00392. The van der Waals surface area contributed by atoms with Gasteiger partial charge < -0.3 is 10.2 Å². The lowest BCUT2D eigenvalue weighted by atomic mass is 10.1. The third kappa shape index (κ3) is 7.00. The average molecular weight is 457 g/mol. The molecule has 0 saturated carbocycles. The molecule has 2 amide bonds. The summed E-state index contributed by atoms with van der Waals surface area (Å²) >= 11 is 7.58. The second-order valence-corrected chi connectivity index (χ2v) is 8.79. The van der Waals surface area contributed by atoms with Crippen molar-refractivity contribution in [1.29, 1.82) is 5.26 Å². The van der Waals surface area contributed by atoms with Crippen molar-refractivity contribution in [2.45, 2.75) is 5.75 Å². The number of nitriles is 1. The van der Waals surface area contributed by atoms with E-state index in [2.05, 4.69) is 16.3 Å². The highest BCUT2D eigenvalue weighted by molar-refractivity contribution is 7.98. The van der Waals surface area contributed by atoms with Gasteiger partial charge in [-0.2, -0.15) is 17.0 Å². The number of thioether (sulfide) groups is 1. The minimum Gasteiger partial charge on any atom is -0.354 e. The molecule has 0 aromatic heterocycles. The summed E-state index contributed by atoms with van der Waals surface area (Å²) in [5, 5.41) is 12.7. The van der Waals surface area contributed by atoms with E-state index in [0.717, 1.165) is 17.1 Å². The molecule has 1 aliphatic rings. The van der Waals surface area contributed by atoms with E-state index >= 15 is 0 Å². The van der Waals surface area contributed by atoms with E-state index in [0.29, 0.717) is 55.4 Å². The standard InChI is InChI=1S/C23H25ClN4O2S/c24-21-7-5-18(6-8-21)23(30)28-12-10-27(11-13-28)16-22(29)26-9-14-31-17-20-4-2-1-3-19(20)15-25/h1-8H,9-14,16-17H2,(H,26,29). The lowest BCUT2D eigenvalue weighted by Gasteiger charge is -2.34. The molecule has 1 heterocycles. The lowest BCUT2D eigenvalue weighted by molar-refractivity contribution is -0.122. The van der Waals surface area contributed by atoms with E-state index in [4.69, 9.17) is 16.9 Å². The zero-order valence-electron chi connectivity index (χ0n) is 17.2. The van der Waals surface area contributed by atoms with E-state index in [1.54, 1.807) is 36.0 Å². The fourth-order valence-corrected chi connectivity index (χ4v) is 4.33. The van der Waals surface area contributed by atoms with E-state index in [1.807, 2.05) is 29.2 Å². The molecule has 0 radical (unpaired) electrons. The van der Waals surface area contributed by atoms with Gasteiger partial charge in [0.2, 0.25) is 5.91 Å². The normalized spacial score (nSPS) is 14.1. The molecule has 31 heavy (non-hydrogen) atoms. The summed E-state index contributed by atoms with van der Waals surface area (Å²) in [6, 6.07) is 16.7. The Morgan fingerprint density at radius 2 is 1.77 bits per heavy atom. The molecule has 3 rings (SSSR count). The third-order valence-electron chi connectivity index (χ3n) is 5.08. The fraction of sp³-hybridized carbons (Fsp3) is 0.348. The van der Waals surface area contributed by atoms with Gasteiger partial charge in [0.15, 0.2) is 0 Å². The molecule has 2 aromatic rings. The third-order valence-corrected chi connectivity index (χ3v) is 6.34. The summed E-state index contributed by atoms with van der Waals surface area (Å²) in [5.41, 5.74) is 2.35. The predicted octanol–water partition coefficient (Wildman–Crippen LogP) is 3.02. The van der Waals surface area contributed by atoms with Crippen LogP contribution in [0.15, 0.2) is 48.5 Å². The largest absolute Gasteiger partial charge is 0.354 e. The summed E-state index contributed by atoms with van der Waals surface area (Å²) in [5.74, 6) is 1.53. The summed E-state index contributed by atoms with van der Waals surface area (Å²) in [6.45, 7) is 3.48. The Labute approximate surface area is 192 Å². The van der Waals surface area contributed by atoms with Crippen LogP contribution >= 0.6 is 23.4 Å². The van der Waals surface area contributed by atoms with Crippen LogP contribution < -0.4 is 5.32 Å². The summed E-state index contributed by atoms with van der Waals surface area (Å²) in [6.07, 6.45) is 0. The zero-order valence-corrected chi connectivity index (χ0v) is 18.8. The molecule has 2 aromatic carbocycles. The SMILES string of the molecule is N#Cc1ccccc1CSCCNC(=O)CN1CCN(C(=O)c2ccc(Cl)cc2)CC1. The maximum absolute atomic E-state index is 12.6. The van der Waals surface area contributed by atoms with Gasteiger partial charge >= 0.3 is 0 Å². The van der Waals surface area contributed by atoms with Gasteiger partial charge in [0, 0.05) is 54.8 Å². The van der Waals surface area contributed by atoms with Gasteiger partial charge in [-0.3, -0.25) is 14.5 Å². The molecule has 0 unspecified atom stereocenters. The van der Waals surface area contributed by atoms with E-state index in [9.17, 15) is 9.59 Å². The molecule has 0 aliphatic carbocycles. The van der Waals surface area contributed by atoms with E-state index in [-0.39, 0.29) is 11.8 Å². The molecular formula is C23H25ClN4O2S. The predicted molar refractivity (Wildman–Crippen MR) is 124 cm³/mol. The van der Waals surface area contributed by atoms with Crippen molar-refractivity contribution >= 4 is 35.2 Å². The lowest BCUT2D eigenvalue weighted by Crippen LogP contribution is -2.51. The quantitative estimate of drug-likeness (QED) is 0.618. The molecule has 1 aliphatic heterocycles. The first-order valence-electron chi connectivity index (χ1n) is 10.2. The highest BCUT2D eigenvalue weighted by Crippen LogP contribution is 2.16. The molecule has 0 bridgehead atoms. The second kappa shape index (κ2) is 11.8. The Hall–Kier alpha value is -2.53. The van der Waals surface area contributed by atoms with Crippen molar-refractivity contribution in [3.63, 3.8) is 0 Å². The highest BCUT2D eigenvalue weighted by atomic mass is 35.5. The number of benzene rings is 2. The zero-order chi connectivity index (χ0) is 22.1. The first-order chi connectivity index (χ1) is 15.1. The molecule has 1 fully saturated rings. The summed E-state index contributed by atoms with van der Waals surface area (Å²) in [4.78, 5) is 28.6. The molecule has 1 saturated heterocycles. The Morgan fingerprint density at radius 3 is 2.48 bits per heavy atom. The van der Waals surface area contributed by atoms with Gasteiger partial charge in [-0.15, -0.1) is 0 Å². The summed E-state index contributed by atoms with van der Waals surface area (Å²) < 4.78 is 0. The van der Waals surface area contributed by atoms with Crippen molar-refractivity contribution in [1.82, 2.24) is 15.1 Å². The maximum atomic E-state index is 12.6. The molecule has 0 atom stereocenters. The van der Waals surface area contributed by atoms with E-state index < -0.39 is 0 Å². The van der Waals surface area contributed by atoms with Crippen molar-refractivity contribution < 1.29 is 9.59 Å². The van der Waals surface area contributed by atoms with Gasteiger partial charge in [0.25, 0.3) is 5.91 Å². The number of hydrogen-bond donors (Lipinski definition) is 1. The van der Waals surface area contributed by atoms with Crippen molar-refractivity contribution in [2.75, 3.05) is 45.0 Å². The van der Waals surface area contributed by atoms with Gasteiger partial charge in [-0.25, -0.2) is 0 Å². The minimum atomic E-state index is -0.00416. The van der Waals surface area contributed by atoms with Crippen LogP contribution in [0.5, 0.6) is 0 Å².